The van der Waals surface area contributed by atoms with Crippen molar-refractivity contribution in [3.63, 3.8) is 0 Å². The SMILES string of the molecule is CCC(O)CNCc1ccc2c(c1)CC(C)(C)O2. The molecule has 0 saturated heterocycles. The first-order valence-corrected chi connectivity index (χ1v) is 6.70. The van der Waals surface area contributed by atoms with Crippen LogP contribution in [0.5, 0.6) is 5.75 Å². The molecule has 18 heavy (non-hydrogen) atoms. The van der Waals surface area contributed by atoms with Gasteiger partial charge in [-0.1, -0.05) is 19.1 Å². The lowest BCUT2D eigenvalue weighted by Gasteiger charge is -2.16. The quantitative estimate of drug-likeness (QED) is 0.841. The predicted molar refractivity (Wildman–Crippen MR) is 72.9 cm³/mol. The molecule has 0 aromatic heterocycles. The first-order chi connectivity index (χ1) is 8.50. The first kappa shape index (κ1) is 13.4. The monoisotopic (exact) mass is 249 g/mol. The standard InChI is InChI=1S/C15H23NO2/c1-4-13(17)10-16-9-11-5-6-14-12(7-11)8-15(2,3)18-14/h5-7,13,16-17H,4,8-10H2,1-3H3. The Kier molecular flexibility index (Phi) is 3.93. The highest BCUT2D eigenvalue weighted by Gasteiger charge is 2.29. The Morgan fingerprint density at radius 1 is 1.44 bits per heavy atom. The molecule has 0 amide bonds. The van der Waals surface area contributed by atoms with E-state index in [-0.39, 0.29) is 11.7 Å². The number of benzene rings is 1. The van der Waals surface area contributed by atoms with Gasteiger partial charge in [0.1, 0.15) is 11.4 Å². The van der Waals surface area contributed by atoms with Crippen LogP contribution in [0.3, 0.4) is 0 Å². The average Bonchev–Trinajstić information content (AvgIpc) is 2.62. The number of aliphatic hydroxyl groups is 1. The van der Waals surface area contributed by atoms with Crippen molar-refractivity contribution in [2.45, 2.75) is 51.9 Å². The highest BCUT2D eigenvalue weighted by atomic mass is 16.5. The van der Waals surface area contributed by atoms with Gasteiger partial charge < -0.3 is 15.2 Å². The molecule has 1 aliphatic rings. The second-order valence-electron chi connectivity index (χ2n) is 5.67. The van der Waals surface area contributed by atoms with Gasteiger partial charge in [-0.2, -0.15) is 0 Å². The van der Waals surface area contributed by atoms with Crippen LogP contribution in [0.1, 0.15) is 38.3 Å². The van der Waals surface area contributed by atoms with E-state index in [1.54, 1.807) is 0 Å². The molecule has 2 rings (SSSR count). The Bertz CT molecular complexity index is 415. The smallest absolute Gasteiger partial charge is 0.123 e. The summed E-state index contributed by atoms with van der Waals surface area (Å²) in [7, 11) is 0. The minimum Gasteiger partial charge on any atom is -0.487 e. The molecule has 100 valence electrons. The maximum Gasteiger partial charge on any atom is 0.123 e. The molecule has 0 fully saturated rings. The second-order valence-corrected chi connectivity index (χ2v) is 5.67. The summed E-state index contributed by atoms with van der Waals surface area (Å²) in [5, 5.41) is 12.8. The van der Waals surface area contributed by atoms with Crippen molar-refractivity contribution in [3.8, 4) is 5.75 Å². The van der Waals surface area contributed by atoms with Gasteiger partial charge in [0.05, 0.1) is 6.10 Å². The van der Waals surface area contributed by atoms with E-state index < -0.39 is 0 Å². The van der Waals surface area contributed by atoms with Crippen molar-refractivity contribution in [2.75, 3.05) is 6.54 Å². The highest BCUT2D eigenvalue weighted by molar-refractivity contribution is 5.41. The second kappa shape index (κ2) is 5.29. The molecule has 3 nitrogen and oxygen atoms in total. The van der Waals surface area contributed by atoms with Crippen molar-refractivity contribution in [1.29, 1.82) is 0 Å². The van der Waals surface area contributed by atoms with Gasteiger partial charge in [0.15, 0.2) is 0 Å². The first-order valence-electron chi connectivity index (χ1n) is 6.70. The van der Waals surface area contributed by atoms with Crippen LogP contribution in [-0.2, 0) is 13.0 Å². The predicted octanol–water partition coefficient (Wildman–Crippen LogP) is 2.26. The zero-order valence-corrected chi connectivity index (χ0v) is 11.5. The van der Waals surface area contributed by atoms with Crippen LogP contribution in [0.4, 0.5) is 0 Å². The van der Waals surface area contributed by atoms with Gasteiger partial charge in [0.2, 0.25) is 0 Å². The van der Waals surface area contributed by atoms with Crippen LogP contribution in [0.25, 0.3) is 0 Å². The number of fused-ring (bicyclic) bond motifs is 1. The van der Waals surface area contributed by atoms with Crippen molar-refractivity contribution in [1.82, 2.24) is 5.32 Å². The molecule has 1 atom stereocenters. The minimum atomic E-state index is -0.248. The number of ether oxygens (including phenoxy) is 1. The van der Waals surface area contributed by atoms with Crippen molar-refractivity contribution < 1.29 is 9.84 Å². The van der Waals surface area contributed by atoms with E-state index in [4.69, 9.17) is 4.74 Å². The molecule has 0 radical (unpaired) electrons. The molecule has 1 aliphatic heterocycles. The fourth-order valence-corrected chi connectivity index (χ4v) is 2.30. The normalized spacial score (nSPS) is 18.2. The molecule has 1 unspecified atom stereocenters. The summed E-state index contributed by atoms with van der Waals surface area (Å²) < 4.78 is 5.85. The molecular formula is C15H23NO2. The molecule has 2 N–H and O–H groups in total. The van der Waals surface area contributed by atoms with E-state index in [2.05, 4.69) is 37.4 Å². The zero-order chi connectivity index (χ0) is 13.2. The van der Waals surface area contributed by atoms with Gasteiger partial charge >= 0.3 is 0 Å². The number of nitrogens with one attached hydrogen (secondary N) is 1. The summed E-state index contributed by atoms with van der Waals surface area (Å²) in [4.78, 5) is 0. The lowest BCUT2D eigenvalue weighted by molar-refractivity contribution is 0.138. The number of hydrogen-bond donors (Lipinski definition) is 2. The van der Waals surface area contributed by atoms with Gasteiger partial charge in [-0.05, 0) is 37.5 Å². The summed E-state index contributed by atoms with van der Waals surface area (Å²) in [5.41, 5.74) is 2.46. The van der Waals surface area contributed by atoms with Crippen LogP contribution >= 0.6 is 0 Å². The topological polar surface area (TPSA) is 41.5 Å². The number of hydrogen-bond acceptors (Lipinski definition) is 3. The zero-order valence-electron chi connectivity index (χ0n) is 11.5. The molecule has 1 aromatic carbocycles. The van der Waals surface area contributed by atoms with E-state index in [0.29, 0.717) is 6.54 Å². The van der Waals surface area contributed by atoms with Crippen molar-refractivity contribution in [3.05, 3.63) is 29.3 Å². The lowest BCUT2D eigenvalue weighted by atomic mass is 10.0. The fraction of sp³-hybridized carbons (Fsp3) is 0.600. The van der Waals surface area contributed by atoms with Crippen LogP contribution in [-0.4, -0.2) is 23.4 Å². The Morgan fingerprint density at radius 3 is 2.94 bits per heavy atom. The Labute approximate surface area is 109 Å². The third-order valence-electron chi connectivity index (χ3n) is 3.31. The van der Waals surface area contributed by atoms with Crippen molar-refractivity contribution in [2.24, 2.45) is 0 Å². The van der Waals surface area contributed by atoms with E-state index in [0.717, 1.165) is 25.1 Å². The highest BCUT2D eigenvalue weighted by Crippen LogP contribution is 2.35. The molecule has 1 heterocycles. The third kappa shape index (κ3) is 3.24. The van der Waals surface area contributed by atoms with E-state index in [1.165, 1.54) is 11.1 Å². The van der Waals surface area contributed by atoms with Gasteiger partial charge in [-0.15, -0.1) is 0 Å². The molecule has 0 aliphatic carbocycles. The third-order valence-corrected chi connectivity index (χ3v) is 3.31. The lowest BCUT2D eigenvalue weighted by Crippen LogP contribution is -2.25. The summed E-state index contributed by atoms with van der Waals surface area (Å²) in [6.07, 6.45) is 1.51. The van der Waals surface area contributed by atoms with Crippen LogP contribution in [0.15, 0.2) is 18.2 Å². The van der Waals surface area contributed by atoms with E-state index >= 15 is 0 Å². The minimum absolute atomic E-state index is 0.0766. The Hall–Kier alpha value is -1.06. The van der Waals surface area contributed by atoms with Crippen LogP contribution in [0, 0.1) is 0 Å². The number of rotatable bonds is 5. The average molecular weight is 249 g/mol. The van der Waals surface area contributed by atoms with E-state index in [9.17, 15) is 5.11 Å². The summed E-state index contributed by atoms with van der Waals surface area (Å²) in [6, 6.07) is 6.35. The Balaban J connectivity index is 1.93. The Morgan fingerprint density at radius 2 is 2.22 bits per heavy atom. The maximum atomic E-state index is 9.48. The van der Waals surface area contributed by atoms with Gasteiger partial charge in [0, 0.05) is 19.5 Å². The van der Waals surface area contributed by atoms with Crippen molar-refractivity contribution >= 4 is 0 Å². The molecule has 0 spiro atoms. The molecular weight excluding hydrogens is 226 g/mol. The molecule has 0 saturated carbocycles. The summed E-state index contributed by atoms with van der Waals surface area (Å²) in [6.45, 7) is 7.66. The van der Waals surface area contributed by atoms with Gasteiger partial charge in [-0.3, -0.25) is 0 Å². The molecule has 3 heteroatoms. The number of aliphatic hydroxyl groups excluding tert-OH is 1. The maximum absolute atomic E-state index is 9.48. The molecule has 0 bridgehead atoms. The van der Waals surface area contributed by atoms with Gasteiger partial charge in [-0.25, -0.2) is 0 Å². The summed E-state index contributed by atoms with van der Waals surface area (Å²) >= 11 is 0. The van der Waals surface area contributed by atoms with Crippen LogP contribution < -0.4 is 10.1 Å². The molecule has 1 aromatic rings. The van der Waals surface area contributed by atoms with E-state index in [1.807, 2.05) is 6.92 Å². The fourth-order valence-electron chi connectivity index (χ4n) is 2.30. The van der Waals surface area contributed by atoms with Gasteiger partial charge in [0.25, 0.3) is 0 Å². The van der Waals surface area contributed by atoms with Crippen LogP contribution in [0.2, 0.25) is 0 Å². The largest absolute Gasteiger partial charge is 0.487 e. The summed E-state index contributed by atoms with van der Waals surface area (Å²) in [5.74, 6) is 1.01.